The van der Waals surface area contributed by atoms with E-state index in [0.29, 0.717) is 29.4 Å². The molecule has 6 nitrogen and oxygen atoms in total. The van der Waals surface area contributed by atoms with Crippen molar-refractivity contribution in [2.24, 2.45) is 0 Å². The summed E-state index contributed by atoms with van der Waals surface area (Å²) in [6, 6.07) is 8.67. The van der Waals surface area contributed by atoms with Gasteiger partial charge < -0.3 is 19.4 Å². The Balaban J connectivity index is 1.79. The molecule has 0 atom stereocenters. The van der Waals surface area contributed by atoms with Gasteiger partial charge in [-0.25, -0.2) is 4.98 Å². The lowest BCUT2D eigenvalue weighted by molar-refractivity contribution is 0.0952. The molecule has 1 heterocycles. The summed E-state index contributed by atoms with van der Waals surface area (Å²) >= 11 is 12.8. The van der Waals surface area contributed by atoms with Crippen LogP contribution < -0.4 is 14.8 Å². The van der Waals surface area contributed by atoms with Crippen LogP contribution in [0.1, 0.15) is 35.7 Å². The molecule has 0 saturated carbocycles. The average molecular weight is 448 g/mol. The fraction of sp³-hybridized carbons (Fsp3) is 0.273. The van der Waals surface area contributed by atoms with Crippen molar-refractivity contribution in [2.75, 3.05) is 13.7 Å². The van der Waals surface area contributed by atoms with Gasteiger partial charge >= 0.3 is 0 Å². The molecule has 0 aliphatic carbocycles. The number of carbonyl (C=O) groups is 1. The topological polar surface area (TPSA) is 65.4 Å². The molecule has 3 rings (SSSR count). The number of halogens is 2. The van der Waals surface area contributed by atoms with Crippen molar-refractivity contribution < 1.29 is 14.3 Å². The highest BCUT2D eigenvalue weighted by Crippen LogP contribution is 2.40. The molecule has 1 N–H and O–H groups in total. The predicted molar refractivity (Wildman–Crippen MR) is 118 cm³/mol. The van der Waals surface area contributed by atoms with Gasteiger partial charge in [0.15, 0.2) is 5.75 Å². The predicted octanol–water partition coefficient (Wildman–Crippen LogP) is 5.54. The first kappa shape index (κ1) is 22.0. The third-order valence-corrected chi connectivity index (χ3v) is 5.22. The Hall–Kier alpha value is -2.70. The van der Waals surface area contributed by atoms with E-state index in [1.807, 2.05) is 22.9 Å². The van der Waals surface area contributed by atoms with Crippen LogP contribution in [0.25, 0.3) is 0 Å². The Bertz CT molecular complexity index is 1020. The van der Waals surface area contributed by atoms with Gasteiger partial charge in [-0.05, 0) is 36.2 Å². The molecule has 3 aromatic rings. The van der Waals surface area contributed by atoms with E-state index in [9.17, 15) is 4.79 Å². The van der Waals surface area contributed by atoms with Crippen molar-refractivity contribution in [3.05, 3.63) is 70.2 Å². The van der Waals surface area contributed by atoms with Crippen LogP contribution in [0.2, 0.25) is 10.0 Å². The number of carbonyl (C=O) groups excluding carboxylic acids is 1. The summed E-state index contributed by atoms with van der Waals surface area (Å²) in [4.78, 5) is 16.6. The molecule has 0 unspecified atom stereocenters. The van der Waals surface area contributed by atoms with Crippen molar-refractivity contribution in [1.29, 1.82) is 0 Å². The molecule has 1 aromatic heterocycles. The number of aromatic nitrogens is 2. The number of hydrogen-bond donors (Lipinski definition) is 1. The van der Waals surface area contributed by atoms with E-state index in [4.69, 9.17) is 32.7 Å². The Labute approximate surface area is 185 Å². The van der Waals surface area contributed by atoms with E-state index in [-0.39, 0.29) is 22.6 Å². The summed E-state index contributed by atoms with van der Waals surface area (Å²) in [7, 11) is 1.63. The van der Waals surface area contributed by atoms with Crippen molar-refractivity contribution >= 4 is 29.1 Å². The number of nitrogens with zero attached hydrogens (tertiary/aromatic N) is 2. The Morgan fingerprint density at radius 2 is 2.03 bits per heavy atom. The summed E-state index contributed by atoms with van der Waals surface area (Å²) in [6.45, 7) is 5.16. The number of amides is 1. The average Bonchev–Trinajstić information content (AvgIpc) is 3.24. The second-order valence-corrected chi connectivity index (χ2v) is 7.74. The monoisotopic (exact) mass is 447 g/mol. The molecular formula is C22H23Cl2N3O3. The van der Waals surface area contributed by atoms with Gasteiger partial charge in [0, 0.05) is 31.0 Å². The maximum Gasteiger partial charge on any atom is 0.253 e. The first-order valence-electron chi connectivity index (χ1n) is 9.48. The molecule has 158 valence electrons. The lowest BCUT2D eigenvalue weighted by Gasteiger charge is -2.16. The van der Waals surface area contributed by atoms with E-state index in [0.717, 1.165) is 11.3 Å². The van der Waals surface area contributed by atoms with Gasteiger partial charge in [-0.2, -0.15) is 0 Å². The van der Waals surface area contributed by atoms with Crippen molar-refractivity contribution in [3.63, 3.8) is 0 Å². The van der Waals surface area contributed by atoms with E-state index in [2.05, 4.69) is 24.1 Å². The minimum absolute atomic E-state index is 0.157. The van der Waals surface area contributed by atoms with E-state index >= 15 is 0 Å². The van der Waals surface area contributed by atoms with E-state index in [1.54, 1.807) is 37.8 Å². The molecule has 0 aliphatic heterocycles. The second-order valence-electron chi connectivity index (χ2n) is 6.95. The standard InChI is InChI=1S/C22H23Cl2N3O3/c1-14(2)17-12-15(4-7-19(17)29-3)30-21-18(23)6-5-16(20(21)24)22(28)26-9-11-27-10-8-25-13-27/h4-8,10,12-14H,9,11H2,1-3H3,(H,26,28). The van der Waals surface area contributed by atoms with Crippen LogP contribution in [-0.2, 0) is 6.54 Å². The van der Waals surface area contributed by atoms with Crippen molar-refractivity contribution in [2.45, 2.75) is 26.3 Å². The highest BCUT2D eigenvalue weighted by atomic mass is 35.5. The number of nitrogens with one attached hydrogen (secondary N) is 1. The zero-order chi connectivity index (χ0) is 21.7. The van der Waals surface area contributed by atoms with Gasteiger partial charge in [0.1, 0.15) is 11.5 Å². The zero-order valence-electron chi connectivity index (χ0n) is 17.0. The Kier molecular flexibility index (Phi) is 7.24. The van der Waals surface area contributed by atoms with Crippen LogP contribution in [0.4, 0.5) is 0 Å². The summed E-state index contributed by atoms with van der Waals surface area (Å²) in [5.74, 6) is 1.50. The lowest BCUT2D eigenvalue weighted by atomic mass is 10.0. The van der Waals surface area contributed by atoms with Gasteiger partial charge in [0.2, 0.25) is 0 Å². The van der Waals surface area contributed by atoms with Crippen LogP contribution in [0.5, 0.6) is 17.2 Å². The highest BCUT2D eigenvalue weighted by Gasteiger charge is 2.19. The molecule has 8 heteroatoms. The lowest BCUT2D eigenvalue weighted by Crippen LogP contribution is -2.27. The molecule has 1 amide bonds. The number of imidazole rings is 1. The first-order chi connectivity index (χ1) is 14.4. The van der Waals surface area contributed by atoms with Crippen LogP contribution in [0, 0.1) is 0 Å². The van der Waals surface area contributed by atoms with Gasteiger partial charge in [-0.1, -0.05) is 37.0 Å². The number of methoxy groups -OCH3 is 1. The molecule has 0 aliphatic rings. The Morgan fingerprint density at radius 1 is 1.23 bits per heavy atom. The fourth-order valence-corrected chi connectivity index (χ4v) is 3.49. The molecule has 0 fully saturated rings. The normalized spacial score (nSPS) is 10.9. The second kappa shape index (κ2) is 9.87. The maximum atomic E-state index is 12.6. The molecule has 0 bridgehead atoms. The number of hydrogen-bond acceptors (Lipinski definition) is 4. The number of ether oxygens (including phenoxy) is 2. The highest BCUT2D eigenvalue weighted by molar-refractivity contribution is 6.39. The van der Waals surface area contributed by atoms with Crippen LogP contribution in [0.15, 0.2) is 49.1 Å². The summed E-state index contributed by atoms with van der Waals surface area (Å²) in [6.07, 6.45) is 5.20. The van der Waals surface area contributed by atoms with E-state index < -0.39 is 0 Å². The molecule has 0 spiro atoms. The SMILES string of the molecule is COc1ccc(Oc2c(Cl)ccc(C(=O)NCCn3ccnc3)c2Cl)cc1C(C)C. The molecule has 30 heavy (non-hydrogen) atoms. The van der Waals surface area contributed by atoms with Crippen LogP contribution in [0.3, 0.4) is 0 Å². The summed E-state index contributed by atoms with van der Waals surface area (Å²) in [5, 5.41) is 3.31. The Morgan fingerprint density at radius 3 is 2.70 bits per heavy atom. The fourth-order valence-electron chi connectivity index (χ4n) is 2.96. The number of benzene rings is 2. The van der Waals surface area contributed by atoms with Gasteiger partial charge in [-0.3, -0.25) is 4.79 Å². The molecular weight excluding hydrogens is 425 g/mol. The maximum absolute atomic E-state index is 12.6. The number of rotatable bonds is 8. The van der Waals surface area contributed by atoms with Gasteiger partial charge in [0.05, 0.1) is 29.0 Å². The third-order valence-electron chi connectivity index (χ3n) is 4.55. The molecule has 0 saturated heterocycles. The molecule has 0 radical (unpaired) electrons. The third kappa shape index (κ3) is 5.07. The van der Waals surface area contributed by atoms with E-state index in [1.165, 1.54) is 0 Å². The first-order valence-corrected chi connectivity index (χ1v) is 10.2. The summed E-state index contributed by atoms with van der Waals surface area (Å²) < 4.78 is 13.2. The zero-order valence-corrected chi connectivity index (χ0v) is 18.5. The van der Waals surface area contributed by atoms with Crippen LogP contribution >= 0.6 is 23.2 Å². The van der Waals surface area contributed by atoms with Crippen molar-refractivity contribution in [3.8, 4) is 17.2 Å². The quantitative estimate of drug-likeness (QED) is 0.491. The molecule has 2 aromatic carbocycles. The minimum atomic E-state index is -0.306. The summed E-state index contributed by atoms with van der Waals surface area (Å²) in [5.41, 5.74) is 1.29. The van der Waals surface area contributed by atoms with Gasteiger partial charge in [-0.15, -0.1) is 0 Å². The van der Waals surface area contributed by atoms with Gasteiger partial charge in [0.25, 0.3) is 5.91 Å². The van der Waals surface area contributed by atoms with Crippen LogP contribution in [-0.4, -0.2) is 29.1 Å². The largest absolute Gasteiger partial charge is 0.496 e. The minimum Gasteiger partial charge on any atom is -0.496 e. The van der Waals surface area contributed by atoms with Crippen molar-refractivity contribution in [1.82, 2.24) is 14.9 Å². The smallest absolute Gasteiger partial charge is 0.253 e.